The molecule has 0 saturated carbocycles. The molecule has 124 valence electrons. The zero-order valence-electron chi connectivity index (χ0n) is 11.6. The molecule has 0 atom stereocenters. The lowest BCUT2D eigenvalue weighted by molar-refractivity contribution is -0.138. The van der Waals surface area contributed by atoms with Crippen LogP contribution in [0.15, 0.2) is 40.8 Å². The summed E-state index contributed by atoms with van der Waals surface area (Å²) in [5, 5.41) is 6.93. The van der Waals surface area contributed by atoms with E-state index in [9.17, 15) is 22.4 Å². The summed E-state index contributed by atoms with van der Waals surface area (Å²) in [7, 11) is 0. The predicted molar refractivity (Wildman–Crippen MR) is 77.0 cm³/mol. The van der Waals surface area contributed by atoms with Crippen LogP contribution in [0.2, 0.25) is 0 Å². The van der Waals surface area contributed by atoms with Crippen molar-refractivity contribution >= 4 is 22.4 Å². The average molecular weight is 357 g/mol. The van der Waals surface area contributed by atoms with Gasteiger partial charge in [-0.3, -0.25) is 10.1 Å². The smallest absolute Gasteiger partial charge is 0.445 e. The Morgan fingerprint density at radius 2 is 1.79 bits per heavy atom. The number of halogens is 4. The van der Waals surface area contributed by atoms with Crippen molar-refractivity contribution in [3.8, 4) is 11.3 Å². The highest BCUT2D eigenvalue weighted by molar-refractivity contribution is 7.15. The molecule has 3 aromatic rings. The molecule has 1 amide bonds. The first-order chi connectivity index (χ1) is 11.3. The number of rotatable bonds is 3. The van der Waals surface area contributed by atoms with Crippen LogP contribution in [0.1, 0.15) is 15.6 Å². The van der Waals surface area contributed by atoms with Crippen LogP contribution in [-0.2, 0) is 6.18 Å². The number of hydrogen-bond acceptors (Lipinski definition) is 5. The van der Waals surface area contributed by atoms with Gasteiger partial charge in [0.25, 0.3) is 5.91 Å². The first-order valence-electron chi connectivity index (χ1n) is 6.41. The molecule has 0 aliphatic rings. The monoisotopic (exact) mass is 357 g/mol. The second-order valence-corrected chi connectivity index (χ2v) is 5.51. The molecule has 1 N–H and O–H groups in total. The molecule has 0 unspecified atom stereocenters. The lowest BCUT2D eigenvalue weighted by atomic mass is 10.2. The molecule has 0 spiro atoms. The molecule has 0 fully saturated rings. The van der Waals surface area contributed by atoms with Gasteiger partial charge in [0.2, 0.25) is 10.1 Å². The number of carbonyl (C=O) groups is 1. The van der Waals surface area contributed by atoms with Gasteiger partial charge in [-0.15, -0.1) is 10.2 Å². The van der Waals surface area contributed by atoms with Crippen molar-refractivity contribution in [2.75, 3.05) is 5.32 Å². The first-order valence-corrected chi connectivity index (χ1v) is 7.22. The number of nitrogens with one attached hydrogen (secondary N) is 1. The third-order valence-electron chi connectivity index (χ3n) is 2.85. The maximum Gasteiger partial charge on any atom is 0.445 e. The molecule has 0 aliphatic heterocycles. The quantitative estimate of drug-likeness (QED) is 0.713. The zero-order valence-corrected chi connectivity index (χ0v) is 12.4. The SMILES string of the molecule is O=C(Nc1nnc(C(F)(F)F)s1)c1ccc(-c2ccc(F)cc2)o1. The number of furan rings is 1. The van der Waals surface area contributed by atoms with E-state index in [0.29, 0.717) is 11.3 Å². The van der Waals surface area contributed by atoms with Gasteiger partial charge in [-0.05, 0) is 36.4 Å². The number of benzene rings is 1. The van der Waals surface area contributed by atoms with E-state index < -0.39 is 22.9 Å². The molecule has 24 heavy (non-hydrogen) atoms. The molecule has 1 aromatic carbocycles. The third kappa shape index (κ3) is 3.43. The second kappa shape index (κ2) is 6.04. The van der Waals surface area contributed by atoms with Crippen molar-refractivity contribution in [3.63, 3.8) is 0 Å². The number of amides is 1. The van der Waals surface area contributed by atoms with Crippen molar-refractivity contribution in [1.29, 1.82) is 0 Å². The van der Waals surface area contributed by atoms with Crippen LogP contribution in [0, 0.1) is 5.82 Å². The molecule has 0 aliphatic carbocycles. The van der Waals surface area contributed by atoms with E-state index in [4.69, 9.17) is 4.42 Å². The Hall–Kier alpha value is -2.75. The largest absolute Gasteiger partial charge is 0.451 e. The third-order valence-corrected chi connectivity index (χ3v) is 3.73. The number of carbonyl (C=O) groups excluding carboxylic acids is 1. The van der Waals surface area contributed by atoms with E-state index in [2.05, 4.69) is 15.5 Å². The van der Waals surface area contributed by atoms with Gasteiger partial charge in [0.1, 0.15) is 11.6 Å². The Bertz CT molecular complexity index is 871. The van der Waals surface area contributed by atoms with E-state index in [-0.39, 0.29) is 22.2 Å². The number of aromatic nitrogens is 2. The summed E-state index contributed by atoms with van der Waals surface area (Å²) in [6.45, 7) is 0. The highest BCUT2D eigenvalue weighted by Gasteiger charge is 2.35. The summed E-state index contributed by atoms with van der Waals surface area (Å²) in [6.07, 6.45) is -4.62. The van der Waals surface area contributed by atoms with Crippen molar-refractivity contribution in [2.45, 2.75) is 6.18 Å². The molecule has 2 aromatic heterocycles. The molecular formula is C14H7F4N3O2S. The zero-order chi connectivity index (χ0) is 17.3. The van der Waals surface area contributed by atoms with Crippen LogP contribution in [-0.4, -0.2) is 16.1 Å². The molecule has 0 saturated heterocycles. The van der Waals surface area contributed by atoms with Crippen LogP contribution >= 0.6 is 11.3 Å². The van der Waals surface area contributed by atoms with E-state index in [0.717, 1.165) is 0 Å². The molecular weight excluding hydrogens is 350 g/mol. The standard InChI is InChI=1S/C14H7F4N3O2S/c15-8-3-1-7(2-4-8)9-5-6-10(23-9)11(22)19-13-21-20-12(24-13)14(16,17)18/h1-6H,(H,19,21,22). The van der Waals surface area contributed by atoms with Crippen molar-refractivity contribution in [1.82, 2.24) is 10.2 Å². The van der Waals surface area contributed by atoms with E-state index in [1.807, 2.05) is 0 Å². The fourth-order valence-electron chi connectivity index (χ4n) is 1.78. The fraction of sp³-hybridized carbons (Fsp3) is 0.0714. The maximum absolute atomic E-state index is 12.9. The topological polar surface area (TPSA) is 68.0 Å². The van der Waals surface area contributed by atoms with Gasteiger partial charge in [0, 0.05) is 5.56 Å². The molecule has 2 heterocycles. The van der Waals surface area contributed by atoms with Crippen molar-refractivity contribution in [3.05, 3.63) is 53.0 Å². The minimum absolute atomic E-state index is 0.127. The van der Waals surface area contributed by atoms with Crippen LogP contribution in [0.25, 0.3) is 11.3 Å². The maximum atomic E-state index is 12.9. The molecule has 3 rings (SSSR count). The number of anilines is 1. The Morgan fingerprint density at radius 1 is 1.08 bits per heavy atom. The Morgan fingerprint density at radius 3 is 2.42 bits per heavy atom. The van der Waals surface area contributed by atoms with E-state index in [1.165, 1.54) is 36.4 Å². The summed E-state index contributed by atoms with van der Waals surface area (Å²) in [6, 6.07) is 8.24. The predicted octanol–water partition coefficient (Wildman–Crippen LogP) is 4.21. The first kappa shape index (κ1) is 16.1. The highest BCUT2D eigenvalue weighted by Crippen LogP contribution is 2.33. The normalized spacial score (nSPS) is 11.5. The average Bonchev–Trinajstić information content (AvgIpc) is 3.16. The van der Waals surface area contributed by atoms with Gasteiger partial charge in [0.15, 0.2) is 5.76 Å². The van der Waals surface area contributed by atoms with Crippen LogP contribution < -0.4 is 5.32 Å². The lowest BCUT2D eigenvalue weighted by Gasteiger charge is -1.99. The minimum Gasteiger partial charge on any atom is -0.451 e. The van der Waals surface area contributed by atoms with E-state index in [1.54, 1.807) is 0 Å². The Labute approximate surface area is 135 Å². The molecule has 10 heteroatoms. The van der Waals surface area contributed by atoms with Gasteiger partial charge in [-0.25, -0.2) is 4.39 Å². The summed E-state index contributed by atoms with van der Waals surface area (Å²) < 4.78 is 55.5. The van der Waals surface area contributed by atoms with Gasteiger partial charge < -0.3 is 4.42 Å². The molecule has 0 bridgehead atoms. The van der Waals surface area contributed by atoms with Gasteiger partial charge >= 0.3 is 6.18 Å². The highest BCUT2D eigenvalue weighted by atomic mass is 32.1. The summed E-state index contributed by atoms with van der Waals surface area (Å²) in [5.74, 6) is -1.00. The van der Waals surface area contributed by atoms with Gasteiger partial charge in [0.05, 0.1) is 0 Å². The van der Waals surface area contributed by atoms with Gasteiger partial charge in [-0.2, -0.15) is 13.2 Å². The number of nitrogens with zero attached hydrogens (tertiary/aromatic N) is 2. The number of alkyl halides is 3. The fourth-order valence-corrected chi connectivity index (χ4v) is 2.38. The second-order valence-electron chi connectivity index (χ2n) is 4.54. The van der Waals surface area contributed by atoms with Crippen LogP contribution in [0.4, 0.5) is 22.7 Å². The number of hydrogen-bond donors (Lipinski definition) is 1. The van der Waals surface area contributed by atoms with Crippen LogP contribution in [0.3, 0.4) is 0 Å². The van der Waals surface area contributed by atoms with Crippen molar-refractivity contribution in [2.24, 2.45) is 0 Å². The van der Waals surface area contributed by atoms with Gasteiger partial charge in [-0.1, -0.05) is 11.3 Å². The Balaban J connectivity index is 1.74. The lowest BCUT2D eigenvalue weighted by Crippen LogP contribution is -2.10. The molecule has 5 nitrogen and oxygen atoms in total. The van der Waals surface area contributed by atoms with E-state index >= 15 is 0 Å². The summed E-state index contributed by atoms with van der Waals surface area (Å²) in [5.41, 5.74) is 0.547. The van der Waals surface area contributed by atoms with Crippen LogP contribution in [0.5, 0.6) is 0 Å². The summed E-state index contributed by atoms with van der Waals surface area (Å²) >= 11 is 0.205. The Kier molecular flexibility index (Phi) is 4.06. The summed E-state index contributed by atoms with van der Waals surface area (Å²) in [4.78, 5) is 12.0. The minimum atomic E-state index is -4.62. The molecule has 0 radical (unpaired) electrons. The van der Waals surface area contributed by atoms with Crippen molar-refractivity contribution < 1.29 is 26.8 Å².